The van der Waals surface area contributed by atoms with Crippen LogP contribution < -0.4 is 14.4 Å². The zero-order valence-corrected chi connectivity index (χ0v) is 26.6. The van der Waals surface area contributed by atoms with E-state index in [1.54, 1.807) is 6.20 Å². The van der Waals surface area contributed by atoms with Crippen LogP contribution in [0.2, 0.25) is 5.02 Å². The number of aromatic nitrogens is 4. The van der Waals surface area contributed by atoms with Gasteiger partial charge < -0.3 is 29.4 Å². The molecule has 11 heteroatoms. The number of likely N-dealkylation sites (tertiary alicyclic amines) is 1. The van der Waals surface area contributed by atoms with Gasteiger partial charge in [-0.25, -0.2) is 9.37 Å². The second-order valence-electron chi connectivity index (χ2n) is 13.3. The first-order valence-corrected chi connectivity index (χ1v) is 16.0. The van der Waals surface area contributed by atoms with Crippen molar-refractivity contribution < 1.29 is 19.0 Å². The maximum absolute atomic E-state index is 16.9. The van der Waals surface area contributed by atoms with Crippen molar-refractivity contribution >= 4 is 39.2 Å². The van der Waals surface area contributed by atoms with E-state index in [2.05, 4.69) is 16.9 Å². The van der Waals surface area contributed by atoms with Crippen molar-refractivity contribution in [3.8, 4) is 23.1 Å². The Kier molecular flexibility index (Phi) is 7.37. The number of fused-ring (bicyclic) bond motifs is 3. The smallest absolute Gasteiger partial charge is 0.319 e. The summed E-state index contributed by atoms with van der Waals surface area (Å²) in [5.41, 5.74) is 1.30. The van der Waals surface area contributed by atoms with Crippen molar-refractivity contribution in [3.05, 3.63) is 34.7 Å². The van der Waals surface area contributed by atoms with E-state index in [-0.39, 0.29) is 28.5 Å². The first-order chi connectivity index (χ1) is 21.1. The maximum Gasteiger partial charge on any atom is 0.319 e. The number of methoxy groups -OCH3 is 1. The molecule has 3 aliphatic rings. The fraction of sp³-hybridized carbons (Fsp3) is 0.545. The summed E-state index contributed by atoms with van der Waals surface area (Å²) in [5.74, 6) is 0.0123. The second-order valence-corrected chi connectivity index (χ2v) is 13.7. The van der Waals surface area contributed by atoms with Crippen LogP contribution in [-0.2, 0) is 0 Å². The van der Waals surface area contributed by atoms with E-state index in [1.165, 1.54) is 7.11 Å². The number of hydrogen-bond donors (Lipinski definition) is 2. The molecule has 1 saturated carbocycles. The van der Waals surface area contributed by atoms with Crippen LogP contribution in [0.1, 0.15) is 57.4 Å². The molecule has 3 atom stereocenters. The first kappa shape index (κ1) is 29.5. The number of benzene rings is 1. The lowest BCUT2D eigenvalue weighted by Gasteiger charge is -2.44. The maximum atomic E-state index is 16.9. The number of pyridine rings is 1. The van der Waals surface area contributed by atoms with Crippen LogP contribution in [0.25, 0.3) is 33.1 Å². The summed E-state index contributed by atoms with van der Waals surface area (Å²) >= 11 is 6.84. The van der Waals surface area contributed by atoms with E-state index >= 15 is 4.39 Å². The highest BCUT2D eigenvalue weighted by atomic mass is 35.5. The molecular weight excluding hydrogens is 583 g/mol. The van der Waals surface area contributed by atoms with Crippen LogP contribution in [0.4, 0.5) is 10.2 Å². The van der Waals surface area contributed by atoms with Gasteiger partial charge in [-0.3, -0.25) is 0 Å². The predicted octanol–water partition coefficient (Wildman–Crippen LogP) is 6.28. The number of ether oxygens (including phenoxy) is 2. The molecule has 4 aromatic rings. The Morgan fingerprint density at radius 2 is 1.95 bits per heavy atom. The van der Waals surface area contributed by atoms with Gasteiger partial charge in [0.25, 0.3) is 0 Å². The fourth-order valence-electron chi connectivity index (χ4n) is 8.04. The third kappa shape index (κ3) is 4.86. The third-order valence-corrected chi connectivity index (χ3v) is 10.6. The Labute approximate surface area is 261 Å². The highest BCUT2D eigenvalue weighted by molar-refractivity contribution is 6.35. The number of rotatable bonds is 6. The number of nitrogens with zero attached hydrogens (tertiary/aromatic N) is 5. The topological polar surface area (TPSA) is 99.6 Å². The summed E-state index contributed by atoms with van der Waals surface area (Å²) in [5, 5.41) is 12.5. The lowest BCUT2D eigenvalue weighted by molar-refractivity contribution is 0.0132. The molecule has 3 aromatic heterocycles. The van der Waals surface area contributed by atoms with E-state index in [0.29, 0.717) is 53.9 Å². The molecule has 0 amide bonds. The van der Waals surface area contributed by atoms with Crippen LogP contribution in [0.15, 0.2) is 18.3 Å². The predicted molar refractivity (Wildman–Crippen MR) is 170 cm³/mol. The van der Waals surface area contributed by atoms with Crippen molar-refractivity contribution in [2.75, 3.05) is 45.3 Å². The molecule has 0 bridgehead atoms. The minimum Gasteiger partial charge on any atom is -0.480 e. The van der Waals surface area contributed by atoms with Crippen molar-refractivity contribution in [1.29, 1.82) is 0 Å². The summed E-state index contributed by atoms with van der Waals surface area (Å²) in [6.45, 7) is 6.22. The summed E-state index contributed by atoms with van der Waals surface area (Å²) in [4.78, 5) is 21.9. The standard InChI is InChI=1S/C33H40ClFN6O3/c1-19-16-21-20(9-13-36-21)23(25(19)34)27-26(35)28-24(30(37-27)43-4)29(41-15-6-10-32(2,42)17-41)39-31(38-28)44-18-33-11-5-8-22(33)40(3)14-7-12-33/h9,13,16,22,36,42H,5-8,10-12,14-15,17-18H2,1-4H3. The number of β-amino-alcohol motifs (C(OH)–C–C–N with tert-alkyl or cyclic N) is 1. The Morgan fingerprint density at radius 3 is 2.75 bits per heavy atom. The Balaban J connectivity index is 1.41. The lowest BCUT2D eigenvalue weighted by Crippen LogP contribution is -2.50. The number of piperidine rings is 2. The molecule has 3 unspecified atom stereocenters. The fourth-order valence-corrected chi connectivity index (χ4v) is 8.29. The molecule has 44 heavy (non-hydrogen) atoms. The molecule has 0 radical (unpaired) electrons. The van der Waals surface area contributed by atoms with Crippen molar-refractivity contribution in [2.24, 2.45) is 5.41 Å². The van der Waals surface area contributed by atoms with Gasteiger partial charge in [0.2, 0.25) is 5.88 Å². The van der Waals surface area contributed by atoms with E-state index < -0.39 is 11.4 Å². The van der Waals surface area contributed by atoms with Crippen LogP contribution in [0.5, 0.6) is 11.9 Å². The van der Waals surface area contributed by atoms with Crippen molar-refractivity contribution in [1.82, 2.24) is 24.8 Å². The minimum atomic E-state index is -0.923. The summed E-state index contributed by atoms with van der Waals surface area (Å²) in [7, 11) is 3.71. The molecule has 7 rings (SSSR count). The van der Waals surface area contributed by atoms with E-state index in [9.17, 15) is 5.11 Å². The average Bonchev–Trinajstić information content (AvgIpc) is 3.65. The highest BCUT2D eigenvalue weighted by Gasteiger charge is 2.47. The molecule has 5 heterocycles. The third-order valence-electron chi connectivity index (χ3n) is 10.2. The molecule has 9 nitrogen and oxygen atoms in total. The number of halogens is 2. The second kappa shape index (κ2) is 11.0. The SMILES string of the molecule is COc1nc(-c2c(Cl)c(C)cc3[nH]ccc23)c(F)c2nc(OCC34CCCC3N(C)CCC4)nc(N3CCCC(C)(O)C3)c12. The summed E-state index contributed by atoms with van der Waals surface area (Å²) < 4.78 is 29.2. The Bertz CT molecular complexity index is 1740. The number of nitrogens with one attached hydrogen (secondary N) is 1. The van der Waals surface area contributed by atoms with Gasteiger partial charge in [0.15, 0.2) is 5.82 Å². The quantitative estimate of drug-likeness (QED) is 0.259. The van der Waals surface area contributed by atoms with Gasteiger partial charge in [-0.05, 0) is 83.7 Å². The Hall–Kier alpha value is -3.21. The zero-order chi connectivity index (χ0) is 30.8. The number of H-pyrrole nitrogens is 1. The summed E-state index contributed by atoms with van der Waals surface area (Å²) in [6, 6.07) is 4.37. The van der Waals surface area contributed by atoms with Gasteiger partial charge in [0.1, 0.15) is 22.4 Å². The zero-order valence-electron chi connectivity index (χ0n) is 25.8. The van der Waals surface area contributed by atoms with E-state index in [0.717, 1.165) is 61.5 Å². The van der Waals surface area contributed by atoms with E-state index in [4.69, 9.17) is 36.0 Å². The van der Waals surface area contributed by atoms with Crippen molar-refractivity contribution in [2.45, 2.75) is 70.4 Å². The van der Waals surface area contributed by atoms with Crippen molar-refractivity contribution in [3.63, 3.8) is 0 Å². The molecule has 1 aromatic carbocycles. The largest absolute Gasteiger partial charge is 0.480 e. The number of aryl methyl sites for hydroxylation is 1. The molecule has 1 aliphatic carbocycles. The number of hydrogen-bond acceptors (Lipinski definition) is 8. The normalized spacial score (nSPS) is 26.0. The molecule has 2 saturated heterocycles. The van der Waals surface area contributed by atoms with Gasteiger partial charge in [-0.15, -0.1) is 0 Å². The van der Waals surface area contributed by atoms with Gasteiger partial charge in [0.05, 0.1) is 24.3 Å². The van der Waals surface area contributed by atoms with Crippen LogP contribution in [0, 0.1) is 18.2 Å². The first-order valence-electron chi connectivity index (χ1n) is 15.6. The van der Waals surface area contributed by atoms with Crippen LogP contribution in [-0.4, -0.2) is 82.0 Å². The average molecular weight is 623 g/mol. The monoisotopic (exact) mass is 622 g/mol. The Morgan fingerprint density at radius 1 is 1.16 bits per heavy atom. The molecule has 2 N–H and O–H groups in total. The van der Waals surface area contributed by atoms with Crippen LogP contribution in [0.3, 0.4) is 0 Å². The summed E-state index contributed by atoms with van der Waals surface area (Å²) in [6.07, 6.45) is 8.83. The number of anilines is 1. The number of aliphatic hydroxyl groups is 1. The molecule has 0 spiro atoms. The lowest BCUT2D eigenvalue weighted by atomic mass is 9.76. The highest BCUT2D eigenvalue weighted by Crippen LogP contribution is 2.48. The number of aromatic amines is 1. The van der Waals surface area contributed by atoms with Crippen LogP contribution >= 0.6 is 11.6 Å². The van der Waals surface area contributed by atoms with Gasteiger partial charge in [-0.2, -0.15) is 9.97 Å². The molecule has 2 aliphatic heterocycles. The molecule has 234 valence electrons. The van der Waals surface area contributed by atoms with Gasteiger partial charge >= 0.3 is 6.01 Å². The molecular formula is C33H40ClFN6O3. The van der Waals surface area contributed by atoms with Gasteiger partial charge in [-0.1, -0.05) is 18.0 Å². The van der Waals surface area contributed by atoms with E-state index in [1.807, 2.05) is 30.9 Å². The van der Waals surface area contributed by atoms with Gasteiger partial charge in [0, 0.05) is 47.2 Å². The molecule has 3 fully saturated rings. The minimum absolute atomic E-state index is 0.0227.